The van der Waals surface area contributed by atoms with Gasteiger partial charge < -0.3 is 16.8 Å². The van der Waals surface area contributed by atoms with Crippen LogP contribution in [0.15, 0.2) is 12.1 Å². The smallest absolute Gasteiger partial charge is 0.224 e. The van der Waals surface area contributed by atoms with Crippen LogP contribution in [0.5, 0.6) is 0 Å². The fraction of sp³-hybridized carbons (Fsp3) is 0.333. The zero-order valence-corrected chi connectivity index (χ0v) is 11.4. The van der Waals surface area contributed by atoms with Crippen molar-refractivity contribution >= 4 is 28.8 Å². The topological polar surface area (TPSA) is 81.1 Å². The number of carbonyl (C=O) groups excluding carboxylic acids is 1. The summed E-state index contributed by atoms with van der Waals surface area (Å²) in [5.74, 6) is -2.75. The number of benzene rings is 1. The van der Waals surface area contributed by atoms with Gasteiger partial charge in [-0.05, 0) is 26.0 Å². The van der Waals surface area contributed by atoms with E-state index in [1.165, 1.54) is 12.1 Å². The Balaban J connectivity index is 2.96. The molecule has 0 aliphatic heterocycles. The molecule has 1 amide bonds. The molecule has 1 aromatic carbocycles. The summed E-state index contributed by atoms with van der Waals surface area (Å²) in [6.45, 7) is 3.27. The highest BCUT2D eigenvalue weighted by Crippen LogP contribution is 2.22. The van der Waals surface area contributed by atoms with Gasteiger partial charge in [0.05, 0.1) is 11.1 Å². The second-order valence-corrected chi connectivity index (χ2v) is 5.19. The highest BCUT2D eigenvalue weighted by atomic mass is 32.1. The molecule has 0 bridgehead atoms. The summed E-state index contributed by atoms with van der Waals surface area (Å²) in [5, 5.41) is 2.64. The van der Waals surface area contributed by atoms with Crippen LogP contribution < -0.4 is 16.8 Å². The lowest BCUT2D eigenvalue weighted by atomic mass is 9.92. The molecule has 0 heterocycles. The van der Waals surface area contributed by atoms with E-state index in [9.17, 15) is 13.6 Å². The van der Waals surface area contributed by atoms with Gasteiger partial charge in [-0.3, -0.25) is 4.79 Å². The van der Waals surface area contributed by atoms with E-state index < -0.39 is 23.0 Å². The van der Waals surface area contributed by atoms with Crippen LogP contribution in [0, 0.1) is 17.0 Å². The van der Waals surface area contributed by atoms with Gasteiger partial charge in [-0.25, -0.2) is 8.78 Å². The first kappa shape index (κ1) is 15.3. The molecule has 0 spiro atoms. The summed E-state index contributed by atoms with van der Waals surface area (Å²) in [5.41, 5.74) is 9.32. The zero-order valence-electron chi connectivity index (χ0n) is 10.6. The molecule has 1 rings (SSSR count). The van der Waals surface area contributed by atoms with Crippen LogP contribution in [-0.2, 0) is 4.79 Å². The van der Waals surface area contributed by atoms with Crippen LogP contribution in [-0.4, -0.2) is 17.4 Å². The van der Waals surface area contributed by atoms with E-state index in [1.807, 2.05) is 0 Å². The standard InChI is InChI=1S/C12H15F2N3OS/c1-12(2,11(16)18)5-17-7-4-3-6(10(15)19)8(13)9(7)14/h3-4,17H,5H2,1-2H3,(H2,15,19)(H2,16,18). The first-order valence-electron chi connectivity index (χ1n) is 5.48. The minimum Gasteiger partial charge on any atom is -0.389 e. The van der Waals surface area contributed by atoms with Gasteiger partial charge in [0.15, 0.2) is 11.6 Å². The molecule has 0 saturated carbocycles. The molecule has 0 atom stereocenters. The molecule has 0 fully saturated rings. The number of anilines is 1. The maximum Gasteiger partial charge on any atom is 0.224 e. The first-order chi connectivity index (χ1) is 8.66. The SMILES string of the molecule is CC(C)(CNc1ccc(C(N)=S)c(F)c1F)C(N)=O. The number of rotatable bonds is 5. The fourth-order valence-electron chi connectivity index (χ4n) is 1.28. The Morgan fingerprint density at radius 2 is 1.89 bits per heavy atom. The van der Waals surface area contributed by atoms with Gasteiger partial charge in [0, 0.05) is 12.1 Å². The third kappa shape index (κ3) is 3.37. The second kappa shape index (κ2) is 5.48. The van der Waals surface area contributed by atoms with Crippen molar-refractivity contribution in [3.8, 4) is 0 Å². The van der Waals surface area contributed by atoms with E-state index in [0.717, 1.165) is 0 Å². The molecule has 5 N–H and O–H groups in total. The number of amides is 1. The van der Waals surface area contributed by atoms with Gasteiger partial charge in [0.25, 0.3) is 0 Å². The second-order valence-electron chi connectivity index (χ2n) is 4.75. The molecule has 0 saturated heterocycles. The van der Waals surface area contributed by atoms with Gasteiger partial charge in [0.2, 0.25) is 5.91 Å². The summed E-state index contributed by atoms with van der Waals surface area (Å²) < 4.78 is 27.3. The number of halogens is 2. The van der Waals surface area contributed by atoms with Crippen LogP contribution in [0.3, 0.4) is 0 Å². The normalized spacial score (nSPS) is 11.2. The molecular weight excluding hydrogens is 272 g/mol. The van der Waals surface area contributed by atoms with Crippen molar-refractivity contribution in [3.05, 3.63) is 29.3 Å². The van der Waals surface area contributed by atoms with Crippen molar-refractivity contribution in [1.82, 2.24) is 0 Å². The fourth-order valence-corrected chi connectivity index (χ4v) is 1.44. The Bertz CT molecular complexity index is 532. The quantitative estimate of drug-likeness (QED) is 0.717. The van der Waals surface area contributed by atoms with Crippen LogP contribution in [0.1, 0.15) is 19.4 Å². The molecule has 1 aromatic rings. The lowest BCUT2D eigenvalue weighted by Gasteiger charge is -2.21. The lowest BCUT2D eigenvalue weighted by molar-refractivity contribution is -0.125. The Morgan fingerprint density at radius 1 is 1.32 bits per heavy atom. The summed E-state index contributed by atoms with van der Waals surface area (Å²) >= 11 is 4.60. The maximum atomic E-state index is 13.7. The van der Waals surface area contributed by atoms with Crippen LogP contribution in [0.4, 0.5) is 14.5 Å². The molecule has 4 nitrogen and oxygen atoms in total. The lowest BCUT2D eigenvalue weighted by Crippen LogP contribution is -2.37. The number of carbonyl (C=O) groups is 1. The maximum absolute atomic E-state index is 13.7. The summed E-state index contributed by atoms with van der Waals surface area (Å²) in [6, 6.07) is 2.59. The Hall–Kier alpha value is -1.76. The molecule has 0 radical (unpaired) electrons. The van der Waals surface area contributed by atoms with E-state index in [1.54, 1.807) is 13.8 Å². The number of nitrogens with one attached hydrogen (secondary N) is 1. The van der Waals surface area contributed by atoms with Crippen molar-refractivity contribution in [2.45, 2.75) is 13.8 Å². The van der Waals surface area contributed by atoms with Crippen molar-refractivity contribution in [3.63, 3.8) is 0 Å². The zero-order chi connectivity index (χ0) is 14.8. The number of primary amides is 1. The van der Waals surface area contributed by atoms with Crippen LogP contribution in [0.2, 0.25) is 0 Å². The average Bonchev–Trinajstić information content (AvgIpc) is 2.30. The van der Waals surface area contributed by atoms with Crippen LogP contribution >= 0.6 is 12.2 Å². The predicted octanol–water partition coefficient (Wildman–Crippen LogP) is 1.52. The van der Waals surface area contributed by atoms with Gasteiger partial charge >= 0.3 is 0 Å². The summed E-state index contributed by atoms with van der Waals surface area (Å²) in [4.78, 5) is 10.9. The monoisotopic (exact) mass is 287 g/mol. The van der Waals surface area contributed by atoms with Gasteiger partial charge in [0.1, 0.15) is 4.99 Å². The number of thiocarbonyl (C=S) groups is 1. The van der Waals surface area contributed by atoms with Gasteiger partial charge in [-0.1, -0.05) is 12.2 Å². The minimum absolute atomic E-state index is 0.0745. The van der Waals surface area contributed by atoms with Crippen molar-refractivity contribution in [1.29, 1.82) is 0 Å². The molecule has 0 aromatic heterocycles. The summed E-state index contributed by atoms with van der Waals surface area (Å²) in [6.07, 6.45) is 0. The third-order valence-corrected chi connectivity index (χ3v) is 2.96. The van der Waals surface area contributed by atoms with Gasteiger partial charge in [-0.15, -0.1) is 0 Å². The molecule has 0 unspecified atom stereocenters. The first-order valence-corrected chi connectivity index (χ1v) is 5.89. The molecule has 0 aliphatic carbocycles. The van der Waals surface area contributed by atoms with Gasteiger partial charge in [-0.2, -0.15) is 0 Å². The average molecular weight is 287 g/mol. The largest absolute Gasteiger partial charge is 0.389 e. The van der Waals surface area contributed by atoms with E-state index >= 15 is 0 Å². The van der Waals surface area contributed by atoms with Crippen molar-refractivity contribution in [2.24, 2.45) is 16.9 Å². The Morgan fingerprint density at radius 3 is 2.37 bits per heavy atom. The number of hydrogen-bond donors (Lipinski definition) is 3. The van der Waals surface area contributed by atoms with Crippen molar-refractivity contribution in [2.75, 3.05) is 11.9 Å². The molecule has 0 aliphatic rings. The highest BCUT2D eigenvalue weighted by Gasteiger charge is 2.25. The Kier molecular flexibility index (Phi) is 4.41. The van der Waals surface area contributed by atoms with E-state index in [4.69, 9.17) is 11.5 Å². The van der Waals surface area contributed by atoms with E-state index in [0.29, 0.717) is 0 Å². The number of nitrogens with two attached hydrogens (primary N) is 2. The molecule has 19 heavy (non-hydrogen) atoms. The molecule has 7 heteroatoms. The minimum atomic E-state index is -1.12. The number of hydrogen-bond acceptors (Lipinski definition) is 3. The van der Waals surface area contributed by atoms with Crippen LogP contribution in [0.25, 0.3) is 0 Å². The third-order valence-electron chi connectivity index (χ3n) is 2.74. The Labute approximate surface area is 115 Å². The van der Waals surface area contributed by atoms with Crippen molar-refractivity contribution < 1.29 is 13.6 Å². The highest BCUT2D eigenvalue weighted by molar-refractivity contribution is 7.80. The van der Waals surface area contributed by atoms with E-state index in [2.05, 4.69) is 17.5 Å². The van der Waals surface area contributed by atoms with E-state index in [-0.39, 0.29) is 22.8 Å². The molecular formula is C12H15F2N3OS. The predicted molar refractivity (Wildman–Crippen MR) is 73.7 cm³/mol. The summed E-state index contributed by atoms with van der Waals surface area (Å²) in [7, 11) is 0. The molecule has 104 valence electrons.